The minimum absolute atomic E-state index is 0.416. The van der Waals surface area contributed by atoms with Crippen molar-refractivity contribution in [1.82, 2.24) is 23.8 Å². The summed E-state index contributed by atoms with van der Waals surface area (Å²) in [5, 5.41) is 9.29. The number of benzene rings is 2. The van der Waals surface area contributed by atoms with Crippen molar-refractivity contribution < 1.29 is 9.15 Å². The molecular weight excluding hydrogens is 468 g/mol. The summed E-state index contributed by atoms with van der Waals surface area (Å²) in [7, 11) is 3.82. The predicted octanol–water partition coefficient (Wildman–Crippen LogP) is 4.10. The van der Waals surface area contributed by atoms with Crippen LogP contribution in [0.4, 0.5) is 0 Å². The average Bonchev–Trinajstić information content (AvgIpc) is 3.51. The van der Waals surface area contributed by atoms with E-state index in [0.29, 0.717) is 46.5 Å². The topological polar surface area (TPSA) is 102 Å². The Labute approximate surface area is 213 Å². The number of fused-ring (bicyclic) bond motifs is 2. The van der Waals surface area contributed by atoms with Crippen LogP contribution in [-0.4, -0.2) is 50.6 Å². The minimum atomic E-state index is -0.416. The highest BCUT2D eigenvalue weighted by Gasteiger charge is 2.23. The number of oxazole rings is 1. The Morgan fingerprint density at radius 3 is 2.76 bits per heavy atom. The van der Waals surface area contributed by atoms with Crippen molar-refractivity contribution in [1.29, 1.82) is 5.26 Å². The van der Waals surface area contributed by atoms with Gasteiger partial charge in [0.15, 0.2) is 11.2 Å². The molecule has 186 valence electrons. The monoisotopic (exact) mass is 494 g/mol. The van der Waals surface area contributed by atoms with E-state index in [1.165, 1.54) is 4.57 Å². The van der Waals surface area contributed by atoms with Crippen LogP contribution in [-0.2, 0) is 7.05 Å². The molecule has 37 heavy (non-hydrogen) atoms. The minimum Gasteiger partial charge on any atom is -0.464 e. The van der Waals surface area contributed by atoms with Crippen LogP contribution in [0, 0.1) is 17.2 Å². The van der Waals surface area contributed by atoms with E-state index in [9.17, 15) is 10.1 Å². The number of nitrogens with zero attached hydrogens (tertiary/aromatic N) is 6. The van der Waals surface area contributed by atoms with E-state index < -0.39 is 5.76 Å². The van der Waals surface area contributed by atoms with Gasteiger partial charge in [-0.25, -0.2) is 9.78 Å². The average molecular weight is 495 g/mol. The molecule has 0 spiro atoms. The van der Waals surface area contributed by atoms with Crippen LogP contribution in [0.25, 0.3) is 39.1 Å². The highest BCUT2D eigenvalue weighted by Crippen LogP contribution is 2.37. The molecule has 1 aliphatic heterocycles. The molecule has 2 aromatic carbocycles. The lowest BCUT2D eigenvalue weighted by atomic mass is 9.99. The first-order chi connectivity index (χ1) is 18.0. The first-order valence-corrected chi connectivity index (χ1v) is 12.3. The van der Waals surface area contributed by atoms with Gasteiger partial charge in [-0.2, -0.15) is 10.2 Å². The Hall–Kier alpha value is -4.42. The summed E-state index contributed by atoms with van der Waals surface area (Å²) in [4.78, 5) is 24.1. The number of hydrogen-bond acceptors (Lipinski definition) is 7. The number of piperidine rings is 1. The molecule has 1 fully saturated rings. The van der Waals surface area contributed by atoms with Crippen molar-refractivity contribution >= 4 is 16.7 Å². The van der Waals surface area contributed by atoms with Crippen LogP contribution in [0.15, 0.2) is 64.1 Å². The maximum atomic E-state index is 12.1. The van der Waals surface area contributed by atoms with Gasteiger partial charge in [-0.1, -0.05) is 18.2 Å². The summed E-state index contributed by atoms with van der Waals surface area (Å²) in [6.07, 6.45) is 5.86. The van der Waals surface area contributed by atoms with Gasteiger partial charge in [0.2, 0.25) is 0 Å². The van der Waals surface area contributed by atoms with E-state index in [1.54, 1.807) is 25.4 Å². The molecule has 0 radical (unpaired) electrons. The summed E-state index contributed by atoms with van der Waals surface area (Å²) in [6, 6.07) is 15.6. The van der Waals surface area contributed by atoms with E-state index in [2.05, 4.69) is 23.0 Å². The van der Waals surface area contributed by atoms with Crippen molar-refractivity contribution in [2.45, 2.75) is 12.8 Å². The molecule has 0 amide bonds. The number of imidazole rings is 1. The van der Waals surface area contributed by atoms with Crippen molar-refractivity contribution in [2.24, 2.45) is 13.0 Å². The standard InChI is InChI=1S/C28H26N6O3/c1-32-12-3-4-19(16-32)17-36-27-31-25(20-7-5-18(15-29)6-8-20)24(26-30-11-13-34(26)27)21-9-10-22-23(14-21)37-28(35)33(22)2/h5-11,13-14,19H,3-4,12,16-17H2,1-2H3/t19-/m1/s1. The summed E-state index contributed by atoms with van der Waals surface area (Å²) in [5.41, 5.74) is 5.55. The van der Waals surface area contributed by atoms with Gasteiger partial charge in [0.25, 0.3) is 0 Å². The Morgan fingerprint density at radius 2 is 1.97 bits per heavy atom. The number of ether oxygens (including phenoxy) is 1. The van der Waals surface area contributed by atoms with Crippen LogP contribution in [0.2, 0.25) is 0 Å². The van der Waals surface area contributed by atoms with Crippen molar-refractivity contribution in [3.8, 4) is 34.5 Å². The predicted molar refractivity (Wildman–Crippen MR) is 139 cm³/mol. The number of rotatable bonds is 5. The molecule has 5 aromatic rings. The van der Waals surface area contributed by atoms with Crippen LogP contribution in [0.1, 0.15) is 18.4 Å². The highest BCUT2D eigenvalue weighted by molar-refractivity contribution is 5.93. The molecule has 4 heterocycles. The van der Waals surface area contributed by atoms with Gasteiger partial charge < -0.3 is 14.1 Å². The second kappa shape index (κ2) is 9.22. The van der Waals surface area contributed by atoms with Gasteiger partial charge in [0.1, 0.15) is 0 Å². The zero-order valence-electron chi connectivity index (χ0n) is 20.7. The molecule has 1 saturated heterocycles. The fourth-order valence-electron chi connectivity index (χ4n) is 5.12. The quantitative estimate of drug-likeness (QED) is 0.362. The Bertz CT molecular complexity index is 1710. The Kier molecular flexibility index (Phi) is 5.74. The van der Waals surface area contributed by atoms with Gasteiger partial charge in [-0.3, -0.25) is 8.97 Å². The smallest absolute Gasteiger partial charge is 0.419 e. The number of aromatic nitrogens is 4. The van der Waals surface area contributed by atoms with E-state index in [0.717, 1.165) is 42.6 Å². The number of hydrogen-bond donors (Lipinski definition) is 0. The van der Waals surface area contributed by atoms with Crippen LogP contribution >= 0.6 is 0 Å². The zero-order chi connectivity index (χ0) is 25.5. The lowest BCUT2D eigenvalue weighted by Gasteiger charge is -2.29. The van der Waals surface area contributed by atoms with Gasteiger partial charge >= 0.3 is 11.8 Å². The molecular formula is C28H26N6O3. The van der Waals surface area contributed by atoms with Crippen LogP contribution < -0.4 is 10.5 Å². The Balaban J connectivity index is 1.51. The van der Waals surface area contributed by atoms with Crippen LogP contribution in [0.3, 0.4) is 0 Å². The third-order valence-corrected chi connectivity index (χ3v) is 7.05. The number of likely N-dealkylation sites (tertiary alicyclic amines) is 1. The molecule has 0 bridgehead atoms. The molecule has 0 aliphatic carbocycles. The second-order valence-electron chi connectivity index (χ2n) is 9.62. The second-order valence-corrected chi connectivity index (χ2v) is 9.62. The number of nitriles is 1. The van der Waals surface area contributed by atoms with E-state index in [4.69, 9.17) is 14.1 Å². The maximum absolute atomic E-state index is 12.1. The molecule has 0 unspecified atom stereocenters. The molecule has 1 atom stereocenters. The Morgan fingerprint density at radius 1 is 1.16 bits per heavy atom. The van der Waals surface area contributed by atoms with Gasteiger partial charge in [-0.15, -0.1) is 0 Å². The molecule has 1 aliphatic rings. The molecule has 0 N–H and O–H groups in total. The maximum Gasteiger partial charge on any atom is 0.419 e. The van der Waals surface area contributed by atoms with Crippen molar-refractivity contribution in [3.05, 3.63) is 71.0 Å². The van der Waals surface area contributed by atoms with E-state index >= 15 is 0 Å². The molecule has 9 heteroatoms. The fraction of sp³-hybridized carbons (Fsp3) is 0.286. The normalized spacial score (nSPS) is 16.3. The molecule has 3 aromatic heterocycles. The lowest BCUT2D eigenvalue weighted by Crippen LogP contribution is -2.35. The fourth-order valence-corrected chi connectivity index (χ4v) is 5.12. The number of aryl methyl sites for hydroxylation is 1. The van der Waals surface area contributed by atoms with Gasteiger partial charge in [0, 0.05) is 37.5 Å². The SMILES string of the molecule is CN1CCC[C@@H](COc2nc(-c3ccc(C#N)cc3)c(-c3ccc4c(c3)oc(=O)n4C)c3nccn23)C1. The summed E-state index contributed by atoms with van der Waals surface area (Å²) in [5.74, 6) is 0.0150. The first kappa shape index (κ1) is 23.0. The molecule has 6 rings (SSSR count). The van der Waals surface area contributed by atoms with Gasteiger partial charge in [-0.05, 0) is 56.3 Å². The van der Waals surface area contributed by atoms with E-state index in [1.807, 2.05) is 40.9 Å². The van der Waals surface area contributed by atoms with Crippen molar-refractivity contribution in [2.75, 3.05) is 26.7 Å². The van der Waals surface area contributed by atoms with Gasteiger partial charge in [0.05, 0.1) is 35.0 Å². The molecule has 9 nitrogen and oxygen atoms in total. The van der Waals surface area contributed by atoms with Crippen LogP contribution in [0.5, 0.6) is 6.01 Å². The zero-order valence-corrected chi connectivity index (χ0v) is 20.7. The first-order valence-electron chi connectivity index (χ1n) is 12.3. The third-order valence-electron chi connectivity index (χ3n) is 7.05. The van der Waals surface area contributed by atoms with Crippen molar-refractivity contribution in [3.63, 3.8) is 0 Å². The third kappa shape index (κ3) is 4.15. The van der Waals surface area contributed by atoms with E-state index in [-0.39, 0.29) is 0 Å². The summed E-state index contributed by atoms with van der Waals surface area (Å²) >= 11 is 0. The summed E-state index contributed by atoms with van der Waals surface area (Å²) < 4.78 is 15.1. The highest BCUT2D eigenvalue weighted by atomic mass is 16.5. The largest absolute Gasteiger partial charge is 0.464 e. The molecule has 0 saturated carbocycles. The summed E-state index contributed by atoms with van der Waals surface area (Å²) in [6.45, 7) is 2.68. The lowest BCUT2D eigenvalue weighted by molar-refractivity contribution is 0.143.